The fourth-order valence-electron chi connectivity index (χ4n) is 2.68. The van der Waals surface area contributed by atoms with Gasteiger partial charge >= 0.3 is 6.03 Å². The van der Waals surface area contributed by atoms with Gasteiger partial charge in [-0.3, -0.25) is 5.32 Å². The lowest BCUT2D eigenvalue weighted by Crippen LogP contribution is -2.31. The highest BCUT2D eigenvalue weighted by molar-refractivity contribution is 5.87. The van der Waals surface area contributed by atoms with Crippen molar-refractivity contribution < 1.29 is 4.79 Å². The Morgan fingerprint density at radius 3 is 2.70 bits per heavy atom. The first-order valence-electron chi connectivity index (χ1n) is 8.52. The summed E-state index contributed by atoms with van der Waals surface area (Å²) in [4.78, 5) is 20.5. The smallest absolute Gasteiger partial charge is 0.321 e. The molecule has 134 valence electrons. The van der Waals surface area contributed by atoms with Gasteiger partial charge in [-0.2, -0.15) is 9.67 Å². The van der Waals surface area contributed by atoms with Gasteiger partial charge in [0.15, 0.2) is 5.82 Å². The fourth-order valence-corrected chi connectivity index (χ4v) is 2.68. The first kappa shape index (κ1) is 16.6. The van der Waals surface area contributed by atoms with Crippen LogP contribution in [0, 0.1) is 0 Å². The Balaban J connectivity index is 1.41. The molecule has 2 N–H and O–H groups in total. The van der Waals surface area contributed by atoms with Crippen LogP contribution in [-0.4, -0.2) is 37.5 Å². The quantitative estimate of drug-likeness (QED) is 0.571. The molecule has 8 nitrogen and oxygen atoms in total. The third-order valence-corrected chi connectivity index (χ3v) is 3.98. The van der Waals surface area contributed by atoms with Crippen molar-refractivity contribution in [3.8, 4) is 5.82 Å². The predicted octanol–water partition coefficient (Wildman–Crippen LogP) is 2.57. The Kier molecular flexibility index (Phi) is 4.69. The second-order valence-corrected chi connectivity index (χ2v) is 5.84. The van der Waals surface area contributed by atoms with Gasteiger partial charge in [0.05, 0.1) is 5.52 Å². The number of hydrogen-bond acceptors (Lipinski definition) is 5. The molecule has 0 saturated carbocycles. The molecule has 2 heterocycles. The summed E-state index contributed by atoms with van der Waals surface area (Å²) < 4.78 is 1.61. The van der Waals surface area contributed by atoms with Crippen molar-refractivity contribution in [1.82, 2.24) is 30.3 Å². The van der Waals surface area contributed by atoms with E-state index in [-0.39, 0.29) is 12.0 Å². The maximum absolute atomic E-state index is 12.1. The molecule has 0 spiro atoms. The van der Waals surface area contributed by atoms with Gasteiger partial charge in [-0.1, -0.05) is 47.7 Å². The summed E-state index contributed by atoms with van der Waals surface area (Å²) in [6.45, 7) is 0.517. The minimum absolute atomic E-state index is 0.198. The van der Waals surface area contributed by atoms with Crippen LogP contribution in [0.3, 0.4) is 0 Å². The highest BCUT2D eigenvalue weighted by atomic mass is 16.2. The maximum Gasteiger partial charge on any atom is 0.321 e. The van der Waals surface area contributed by atoms with Crippen LogP contribution in [0.4, 0.5) is 10.7 Å². The third-order valence-electron chi connectivity index (χ3n) is 3.98. The fraction of sp³-hybridized carbons (Fsp3) is 0.105. The van der Waals surface area contributed by atoms with Crippen LogP contribution in [0.2, 0.25) is 0 Å². The van der Waals surface area contributed by atoms with E-state index in [1.807, 2.05) is 54.6 Å². The monoisotopic (exact) mass is 359 g/mol. The number of nitrogens with one attached hydrogen (secondary N) is 2. The number of benzene rings is 2. The summed E-state index contributed by atoms with van der Waals surface area (Å²) in [5.74, 6) is 0.725. The average molecular weight is 359 g/mol. The molecule has 8 heteroatoms. The number of urea groups is 1. The molecule has 0 atom stereocenters. The van der Waals surface area contributed by atoms with Crippen molar-refractivity contribution in [3.05, 3.63) is 72.4 Å². The summed E-state index contributed by atoms with van der Waals surface area (Å²) in [6.07, 6.45) is 2.32. The molecule has 27 heavy (non-hydrogen) atoms. The zero-order valence-electron chi connectivity index (χ0n) is 14.4. The Labute approximate surface area is 155 Å². The van der Waals surface area contributed by atoms with E-state index in [0.717, 1.165) is 23.0 Å². The molecule has 2 aromatic carbocycles. The lowest BCUT2D eigenvalue weighted by molar-refractivity contribution is 0.252. The summed E-state index contributed by atoms with van der Waals surface area (Å²) in [5, 5.41) is 13.7. The highest BCUT2D eigenvalue weighted by Gasteiger charge is 2.09. The van der Waals surface area contributed by atoms with Crippen molar-refractivity contribution >= 4 is 23.0 Å². The number of carbonyl (C=O) groups is 1. The van der Waals surface area contributed by atoms with Crippen LogP contribution in [0.25, 0.3) is 16.9 Å². The minimum atomic E-state index is -0.355. The Morgan fingerprint density at radius 1 is 1.00 bits per heavy atom. The van der Waals surface area contributed by atoms with Crippen LogP contribution in [0.5, 0.6) is 0 Å². The van der Waals surface area contributed by atoms with Crippen LogP contribution in [0.1, 0.15) is 5.56 Å². The summed E-state index contributed by atoms with van der Waals surface area (Å²) >= 11 is 0. The first-order valence-corrected chi connectivity index (χ1v) is 8.52. The summed E-state index contributed by atoms with van der Waals surface area (Å²) in [6, 6.07) is 18.9. The lowest BCUT2D eigenvalue weighted by atomic mass is 10.1. The summed E-state index contributed by atoms with van der Waals surface area (Å²) in [7, 11) is 0. The number of anilines is 1. The minimum Gasteiger partial charge on any atom is -0.337 e. The molecule has 4 aromatic rings. The van der Waals surface area contributed by atoms with Crippen molar-refractivity contribution in [2.75, 3.05) is 11.9 Å². The predicted molar refractivity (Wildman–Crippen MR) is 102 cm³/mol. The Morgan fingerprint density at radius 2 is 1.81 bits per heavy atom. The van der Waals surface area contributed by atoms with Gasteiger partial charge in [0.2, 0.25) is 5.95 Å². The van der Waals surface area contributed by atoms with E-state index in [1.165, 1.54) is 0 Å². The molecule has 0 fully saturated rings. The molecule has 2 aromatic heterocycles. The SMILES string of the molecule is O=C(NCCc1ccccc1)Nc1nccc(-n2nnc3ccccc32)n1. The second kappa shape index (κ2) is 7.61. The van der Waals surface area contributed by atoms with Gasteiger partial charge in [-0.15, -0.1) is 5.10 Å². The number of rotatable bonds is 5. The van der Waals surface area contributed by atoms with E-state index in [1.54, 1.807) is 16.9 Å². The highest BCUT2D eigenvalue weighted by Crippen LogP contribution is 2.14. The van der Waals surface area contributed by atoms with Crippen LogP contribution in [-0.2, 0) is 6.42 Å². The van der Waals surface area contributed by atoms with Gasteiger partial charge in [0, 0.05) is 18.8 Å². The zero-order valence-corrected chi connectivity index (χ0v) is 14.4. The van der Waals surface area contributed by atoms with Gasteiger partial charge in [0.1, 0.15) is 5.52 Å². The average Bonchev–Trinajstić information content (AvgIpc) is 3.13. The molecule has 0 aliphatic heterocycles. The standard InChI is InChI=1S/C19H17N7O/c27-19(21-12-10-14-6-2-1-3-7-14)23-18-20-13-11-17(22-18)26-16-9-5-4-8-15(16)24-25-26/h1-9,11,13H,10,12H2,(H2,20,21,22,23,27). The molecule has 0 aliphatic rings. The van der Waals surface area contributed by atoms with Crippen molar-refractivity contribution in [2.45, 2.75) is 6.42 Å². The van der Waals surface area contributed by atoms with Crippen LogP contribution < -0.4 is 10.6 Å². The molecular weight excluding hydrogens is 342 g/mol. The van der Waals surface area contributed by atoms with E-state index >= 15 is 0 Å². The molecule has 2 amide bonds. The van der Waals surface area contributed by atoms with Gasteiger partial charge in [0.25, 0.3) is 0 Å². The van der Waals surface area contributed by atoms with Crippen molar-refractivity contribution in [3.63, 3.8) is 0 Å². The van der Waals surface area contributed by atoms with Crippen LogP contribution >= 0.6 is 0 Å². The number of amides is 2. The topological polar surface area (TPSA) is 97.6 Å². The third kappa shape index (κ3) is 3.90. The number of hydrogen-bond donors (Lipinski definition) is 2. The van der Waals surface area contributed by atoms with Gasteiger partial charge < -0.3 is 5.32 Å². The van der Waals surface area contributed by atoms with Crippen molar-refractivity contribution in [1.29, 1.82) is 0 Å². The maximum atomic E-state index is 12.1. The van der Waals surface area contributed by atoms with Crippen LogP contribution in [0.15, 0.2) is 66.9 Å². The number of fused-ring (bicyclic) bond motifs is 1. The van der Waals surface area contributed by atoms with E-state index in [0.29, 0.717) is 12.4 Å². The van der Waals surface area contributed by atoms with Gasteiger partial charge in [-0.05, 0) is 24.1 Å². The Bertz CT molecular complexity index is 1060. The number of aromatic nitrogens is 5. The molecule has 0 bridgehead atoms. The molecule has 0 unspecified atom stereocenters. The largest absolute Gasteiger partial charge is 0.337 e. The molecular formula is C19H17N7O. The second-order valence-electron chi connectivity index (χ2n) is 5.84. The molecule has 0 aliphatic carbocycles. The molecule has 0 saturated heterocycles. The van der Waals surface area contributed by atoms with E-state index < -0.39 is 0 Å². The van der Waals surface area contributed by atoms with E-state index in [9.17, 15) is 4.79 Å². The van der Waals surface area contributed by atoms with Crippen molar-refractivity contribution in [2.24, 2.45) is 0 Å². The number of para-hydroxylation sites is 1. The summed E-state index contributed by atoms with van der Waals surface area (Å²) in [5.41, 5.74) is 2.76. The first-order chi connectivity index (χ1) is 13.3. The zero-order chi connectivity index (χ0) is 18.5. The molecule has 4 rings (SSSR count). The molecule has 0 radical (unpaired) electrons. The van der Waals surface area contributed by atoms with E-state index in [4.69, 9.17) is 0 Å². The Hall–Kier alpha value is -3.81. The lowest BCUT2D eigenvalue weighted by Gasteiger charge is -2.07. The number of nitrogens with zero attached hydrogens (tertiary/aromatic N) is 5. The van der Waals surface area contributed by atoms with E-state index in [2.05, 4.69) is 30.9 Å². The number of carbonyl (C=O) groups excluding carboxylic acids is 1. The normalized spacial score (nSPS) is 10.7. The van der Waals surface area contributed by atoms with Gasteiger partial charge in [-0.25, -0.2) is 9.78 Å².